The Hall–Kier alpha value is -1.81. The minimum absolute atomic E-state index is 0.789. The number of aromatic nitrogens is 3. The summed E-state index contributed by atoms with van der Waals surface area (Å²) in [6.07, 6.45) is 8.45. The van der Waals surface area contributed by atoms with Crippen LogP contribution in [0.25, 0.3) is 11.4 Å². The lowest BCUT2D eigenvalue weighted by Crippen LogP contribution is -2.18. The first-order valence-corrected chi connectivity index (χ1v) is 7.72. The number of nitrogens with one attached hydrogen (secondary N) is 1. The van der Waals surface area contributed by atoms with E-state index in [4.69, 9.17) is 0 Å². The van der Waals surface area contributed by atoms with Crippen molar-refractivity contribution < 1.29 is 0 Å². The Morgan fingerprint density at radius 1 is 1.10 bits per heavy atom. The Morgan fingerprint density at radius 2 is 1.76 bits per heavy atom. The van der Waals surface area contributed by atoms with Crippen LogP contribution in [0, 0.1) is 13.8 Å². The number of pyridine rings is 1. The van der Waals surface area contributed by atoms with E-state index in [2.05, 4.69) is 34.1 Å². The molecule has 21 heavy (non-hydrogen) atoms. The monoisotopic (exact) mass is 282 g/mol. The minimum atomic E-state index is 0.789. The summed E-state index contributed by atoms with van der Waals surface area (Å²) in [6, 6.07) is 4.69. The van der Waals surface area contributed by atoms with E-state index in [1.165, 1.54) is 18.4 Å². The molecule has 1 N–H and O–H groups in total. The molecule has 110 valence electrons. The summed E-state index contributed by atoms with van der Waals surface area (Å²) in [7, 11) is 0. The molecule has 2 aromatic rings. The molecule has 4 heteroatoms. The summed E-state index contributed by atoms with van der Waals surface area (Å²) in [6.45, 7) is 5.27. The summed E-state index contributed by atoms with van der Waals surface area (Å²) >= 11 is 0. The molecule has 0 radical (unpaired) electrons. The van der Waals surface area contributed by atoms with Gasteiger partial charge in [0.15, 0.2) is 5.82 Å². The van der Waals surface area contributed by atoms with Crippen molar-refractivity contribution >= 4 is 0 Å². The molecule has 2 heterocycles. The third-order valence-electron chi connectivity index (χ3n) is 3.97. The topological polar surface area (TPSA) is 50.7 Å². The number of aryl methyl sites for hydroxylation is 2. The van der Waals surface area contributed by atoms with Crippen molar-refractivity contribution in [2.24, 2.45) is 0 Å². The average Bonchev–Trinajstić information content (AvgIpc) is 3.30. The Labute approximate surface area is 126 Å². The number of hydrogen-bond donors (Lipinski definition) is 1. The summed E-state index contributed by atoms with van der Waals surface area (Å²) in [5.41, 5.74) is 4.52. The fourth-order valence-electron chi connectivity index (χ4n) is 2.59. The van der Waals surface area contributed by atoms with E-state index in [9.17, 15) is 0 Å². The molecule has 1 aliphatic rings. The SMILES string of the molecule is Cc1nc(-c2ccncc2)nc(C)c1CCCNC1CC1. The van der Waals surface area contributed by atoms with E-state index in [1.807, 2.05) is 12.1 Å². The van der Waals surface area contributed by atoms with Gasteiger partial charge in [-0.1, -0.05) is 0 Å². The van der Waals surface area contributed by atoms with Gasteiger partial charge in [0.25, 0.3) is 0 Å². The zero-order valence-electron chi connectivity index (χ0n) is 12.8. The molecule has 1 aliphatic carbocycles. The lowest BCUT2D eigenvalue weighted by Gasteiger charge is -2.11. The fraction of sp³-hybridized carbons (Fsp3) is 0.471. The van der Waals surface area contributed by atoms with Crippen LogP contribution in [0.4, 0.5) is 0 Å². The zero-order valence-corrected chi connectivity index (χ0v) is 12.8. The van der Waals surface area contributed by atoms with Crippen LogP contribution < -0.4 is 5.32 Å². The Morgan fingerprint density at radius 3 is 2.38 bits per heavy atom. The van der Waals surface area contributed by atoms with Crippen LogP contribution in [0.2, 0.25) is 0 Å². The number of rotatable bonds is 6. The smallest absolute Gasteiger partial charge is 0.159 e. The molecule has 4 nitrogen and oxygen atoms in total. The molecule has 0 aromatic carbocycles. The first kappa shape index (κ1) is 14.1. The first-order chi connectivity index (χ1) is 10.2. The quantitative estimate of drug-likeness (QED) is 0.828. The second kappa shape index (κ2) is 6.31. The van der Waals surface area contributed by atoms with Gasteiger partial charge in [0.1, 0.15) is 0 Å². The Bertz CT molecular complexity index is 582. The standard InChI is InChI=1S/C17H22N4/c1-12-16(4-3-9-19-15-5-6-15)13(2)21-17(20-12)14-7-10-18-11-8-14/h7-8,10-11,15,19H,3-6,9H2,1-2H3. The third-order valence-corrected chi connectivity index (χ3v) is 3.97. The van der Waals surface area contributed by atoms with Crippen LogP contribution in [0.15, 0.2) is 24.5 Å². The lowest BCUT2D eigenvalue weighted by atomic mass is 10.1. The molecule has 0 unspecified atom stereocenters. The average molecular weight is 282 g/mol. The van der Waals surface area contributed by atoms with Crippen molar-refractivity contribution in [3.63, 3.8) is 0 Å². The highest BCUT2D eigenvalue weighted by Gasteiger charge is 2.19. The molecule has 3 rings (SSSR count). The largest absolute Gasteiger partial charge is 0.314 e. The van der Waals surface area contributed by atoms with Crippen molar-refractivity contribution in [1.82, 2.24) is 20.3 Å². The maximum Gasteiger partial charge on any atom is 0.159 e. The van der Waals surface area contributed by atoms with Gasteiger partial charge in [0.05, 0.1) is 0 Å². The molecule has 0 atom stereocenters. The van der Waals surface area contributed by atoms with Crippen LogP contribution in [0.5, 0.6) is 0 Å². The van der Waals surface area contributed by atoms with Gasteiger partial charge in [-0.05, 0) is 63.8 Å². The van der Waals surface area contributed by atoms with Crippen LogP contribution >= 0.6 is 0 Å². The van der Waals surface area contributed by atoms with Gasteiger partial charge in [0, 0.05) is 35.4 Å². The molecule has 1 saturated carbocycles. The maximum absolute atomic E-state index is 4.67. The highest BCUT2D eigenvalue weighted by Crippen LogP contribution is 2.20. The van der Waals surface area contributed by atoms with Gasteiger partial charge in [-0.25, -0.2) is 9.97 Å². The van der Waals surface area contributed by atoms with Gasteiger partial charge >= 0.3 is 0 Å². The highest BCUT2D eigenvalue weighted by molar-refractivity contribution is 5.54. The molecule has 0 aliphatic heterocycles. The summed E-state index contributed by atoms with van der Waals surface area (Å²) in [5, 5.41) is 3.56. The lowest BCUT2D eigenvalue weighted by molar-refractivity contribution is 0.642. The Kier molecular flexibility index (Phi) is 4.25. The normalized spacial score (nSPS) is 14.4. The molecular formula is C17H22N4. The van der Waals surface area contributed by atoms with Gasteiger partial charge in [-0.3, -0.25) is 4.98 Å². The molecule has 0 spiro atoms. The van der Waals surface area contributed by atoms with Crippen molar-refractivity contribution in [3.05, 3.63) is 41.5 Å². The maximum atomic E-state index is 4.67. The minimum Gasteiger partial charge on any atom is -0.314 e. The third kappa shape index (κ3) is 3.64. The van der Waals surface area contributed by atoms with Crippen LogP contribution in [0.3, 0.4) is 0 Å². The van der Waals surface area contributed by atoms with E-state index in [1.54, 1.807) is 12.4 Å². The summed E-state index contributed by atoms with van der Waals surface area (Å²) < 4.78 is 0. The summed E-state index contributed by atoms with van der Waals surface area (Å²) in [5.74, 6) is 0.798. The van der Waals surface area contributed by atoms with Gasteiger partial charge < -0.3 is 5.32 Å². The second-order valence-corrected chi connectivity index (χ2v) is 5.76. The van der Waals surface area contributed by atoms with Crippen LogP contribution in [-0.2, 0) is 6.42 Å². The number of hydrogen-bond acceptors (Lipinski definition) is 4. The summed E-state index contributed by atoms with van der Waals surface area (Å²) in [4.78, 5) is 13.4. The molecule has 2 aromatic heterocycles. The second-order valence-electron chi connectivity index (χ2n) is 5.76. The fourth-order valence-corrected chi connectivity index (χ4v) is 2.59. The molecule has 0 saturated heterocycles. The van der Waals surface area contributed by atoms with Crippen molar-refractivity contribution in [3.8, 4) is 11.4 Å². The molecule has 1 fully saturated rings. The van der Waals surface area contributed by atoms with E-state index in [-0.39, 0.29) is 0 Å². The number of nitrogens with zero attached hydrogens (tertiary/aromatic N) is 3. The van der Waals surface area contributed by atoms with E-state index in [0.717, 1.165) is 48.2 Å². The van der Waals surface area contributed by atoms with Gasteiger partial charge in [0.2, 0.25) is 0 Å². The predicted molar refractivity (Wildman–Crippen MR) is 84.1 cm³/mol. The molecular weight excluding hydrogens is 260 g/mol. The van der Waals surface area contributed by atoms with Gasteiger partial charge in [-0.2, -0.15) is 0 Å². The van der Waals surface area contributed by atoms with Crippen LogP contribution in [-0.4, -0.2) is 27.5 Å². The highest BCUT2D eigenvalue weighted by atomic mass is 14.9. The Balaban J connectivity index is 1.70. The van der Waals surface area contributed by atoms with E-state index >= 15 is 0 Å². The predicted octanol–water partition coefficient (Wildman–Crippen LogP) is 2.84. The van der Waals surface area contributed by atoms with E-state index in [0.29, 0.717) is 0 Å². The van der Waals surface area contributed by atoms with Crippen LogP contribution in [0.1, 0.15) is 36.2 Å². The van der Waals surface area contributed by atoms with Gasteiger partial charge in [-0.15, -0.1) is 0 Å². The zero-order chi connectivity index (χ0) is 14.7. The molecule has 0 bridgehead atoms. The van der Waals surface area contributed by atoms with E-state index < -0.39 is 0 Å². The first-order valence-electron chi connectivity index (χ1n) is 7.72. The molecule has 0 amide bonds. The van der Waals surface area contributed by atoms with Crippen molar-refractivity contribution in [2.45, 2.75) is 45.6 Å². The van der Waals surface area contributed by atoms with Crippen molar-refractivity contribution in [1.29, 1.82) is 0 Å². The van der Waals surface area contributed by atoms with Crippen molar-refractivity contribution in [2.75, 3.05) is 6.54 Å².